The Bertz CT molecular complexity index is 960. The zero-order chi connectivity index (χ0) is 17.1. The third-order valence-electron chi connectivity index (χ3n) is 3.43. The lowest BCUT2D eigenvalue weighted by molar-refractivity contribution is 0.677. The second-order valence-corrected chi connectivity index (χ2v) is 7.34. The van der Waals surface area contributed by atoms with E-state index in [-0.39, 0.29) is 0 Å². The first kappa shape index (κ1) is 16.0. The summed E-state index contributed by atoms with van der Waals surface area (Å²) in [6, 6.07) is 12.2. The smallest absolute Gasteiger partial charge is 0.211 e. The van der Waals surface area contributed by atoms with Crippen LogP contribution in [-0.2, 0) is 13.1 Å². The van der Waals surface area contributed by atoms with Crippen LogP contribution in [0.1, 0.15) is 10.6 Å². The summed E-state index contributed by atoms with van der Waals surface area (Å²) < 4.78 is 4.64. The summed E-state index contributed by atoms with van der Waals surface area (Å²) in [4.78, 5) is 0. The summed E-state index contributed by atoms with van der Waals surface area (Å²) in [6.07, 6.45) is 5.60. The zero-order valence-corrected chi connectivity index (χ0v) is 15.5. The van der Waals surface area contributed by atoms with Gasteiger partial charge >= 0.3 is 0 Å². The minimum atomic E-state index is 0.591. The molecule has 0 saturated carbocycles. The first-order valence-corrected chi connectivity index (χ1v) is 9.20. The lowest BCUT2D eigenvalue weighted by atomic mass is 10.2. The van der Waals surface area contributed by atoms with Crippen molar-refractivity contribution >= 4 is 38.2 Å². The van der Waals surface area contributed by atoms with Gasteiger partial charge in [-0.05, 0) is 21.5 Å². The molecule has 0 bridgehead atoms. The van der Waals surface area contributed by atoms with Crippen molar-refractivity contribution < 1.29 is 0 Å². The largest absolute Gasteiger partial charge is 0.313 e. The summed E-state index contributed by atoms with van der Waals surface area (Å²) in [5.41, 5.74) is 1.21. The molecule has 3 aromatic heterocycles. The fourth-order valence-electron chi connectivity index (χ4n) is 2.33. The maximum atomic E-state index is 4.52. The van der Waals surface area contributed by atoms with Gasteiger partial charge in [-0.25, -0.2) is 0 Å². The van der Waals surface area contributed by atoms with Crippen LogP contribution in [-0.4, -0.2) is 29.8 Å². The lowest BCUT2D eigenvalue weighted by Gasteiger charge is -2.01. The van der Waals surface area contributed by atoms with Crippen molar-refractivity contribution in [3.8, 4) is 0 Å². The highest BCUT2D eigenvalue weighted by Crippen LogP contribution is 2.20. The van der Waals surface area contributed by atoms with Crippen LogP contribution in [0.15, 0.2) is 59.5 Å². The molecule has 0 saturated heterocycles. The highest BCUT2D eigenvalue weighted by atomic mass is 79.9. The van der Waals surface area contributed by atoms with E-state index < -0.39 is 0 Å². The van der Waals surface area contributed by atoms with Crippen LogP contribution in [0.25, 0.3) is 0 Å². The molecule has 0 aliphatic rings. The molecule has 9 heteroatoms. The molecule has 1 N–H and O–H groups in total. The fourth-order valence-corrected chi connectivity index (χ4v) is 3.39. The van der Waals surface area contributed by atoms with Gasteiger partial charge in [0.25, 0.3) is 0 Å². The van der Waals surface area contributed by atoms with Crippen molar-refractivity contribution in [2.45, 2.75) is 13.1 Å². The Morgan fingerprint density at radius 1 is 1.04 bits per heavy atom. The van der Waals surface area contributed by atoms with E-state index >= 15 is 0 Å². The van der Waals surface area contributed by atoms with Gasteiger partial charge in [0, 0.05) is 18.5 Å². The Morgan fingerprint density at radius 2 is 1.92 bits per heavy atom. The van der Waals surface area contributed by atoms with E-state index in [1.165, 1.54) is 16.9 Å². The Kier molecular flexibility index (Phi) is 4.57. The molecule has 0 unspecified atom stereocenters. The minimum absolute atomic E-state index is 0.591. The van der Waals surface area contributed by atoms with Gasteiger partial charge in [0.1, 0.15) is 5.01 Å². The molecule has 1 aromatic carbocycles. The van der Waals surface area contributed by atoms with Crippen molar-refractivity contribution in [3.63, 3.8) is 0 Å². The van der Waals surface area contributed by atoms with E-state index in [2.05, 4.69) is 53.8 Å². The number of nitrogens with zero attached hydrogens (tertiary/aromatic N) is 6. The van der Waals surface area contributed by atoms with Crippen LogP contribution in [0.5, 0.6) is 0 Å². The molecule has 0 radical (unpaired) electrons. The topological polar surface area (TPSA) is 73.5 Å². The molecule has 7 nitrogen and oxygen atoms in total. The minimum Gasteiger partial charge on any atom is -0.313 e. The number of nitrogens with one attached hydrogen (secondary N) is 1. The molecule has 0 spiro atoms. The maximum Gasteiger partial charge on any atom is 0.211 e. The summed E-state index contributed by atoms with van der Waals surface area (Å²) in [7, 11) is 0. The van der Waals surface area contributed by atoms with Crippen LogP contribution < -0.4 is 5.32 Å². The third-order valence-corrected chi connectivity index (χ3v) is 4.66. The SMILES string of the molecule is Brc1cnn(Cc2nnc(Nc3ccn(Cc4ccccc4)n3)s2)c1. The van der Waals surface area contributed by atoms with Crippen molar-refractivity contribution in [1.82, 2.24) is 29.8 Å². The van der Waals surface area contributed by atoms with Gasteiger partial charge in [0.15, 0.2) is 5.82 Å². The van der Waals surface area contributed by atoms with Crippen molar-refractivity contribution in [3.05, 3.63) is 70.0 Å². The van der Waals surface area contributed by atoms with Crippen molar-refractivity contribution in [1.29, 1.82) is 0 Å². The quantitative estimate of drug-likeness (QED) is 0.521. The molecule has 0 aliphatic heterocycles. The van der Waals surface area contributed by atoms with Gasteiger partial charge in [0.2, 0.25) is 5.13 Å². The number of halogens is 1. The zero-order valence-electron chi connectivity index (χ0n) is 13.1. The molecule has 0 amide bonds. The maximum absolute atomic E-state index is 4.52. The highest BCUT2D eigenvalue weighted by Gasteiger charge is 2.08. The van der Waals surface area contributed by atoms with E-state index in [1.807, 2.05) is 46.0 Å². The van der Waals surface area contributed by atoms with Gasteiger partial charge in [-0.1, -0.05) is 41.7 Å². The Morgan fingerprint density at radius 3 is 2.72 bits per heavy atom. The summed E-state index contributed by atoms with van der Waals surface area (Å²) in [6.45, 7) is 1.32. The van der Waals surface area contributed by atoms with Gasteiger partial charge < -0.3 is 5.32 Å². The lowest BCUT2D eigenvalue weighted by Crippen LogP contribution is -2.01. The number of aromatic nitrogens is 6. The molecule has 4 rings (SSSR count). The predicted molar refractivity (Wildman–Crippen MR) is 100.0 cm³/mol. The third kappa shape index (κ3) is 4.12. The molecule has 4 aromatic rings. The molecule has 0 fully saturated rings. The van der Waals surface area contributed by atoms with Crippen molar-refractivity contribution in [2.24, 2.45) is 0 Å². The number of anilines is 2. The first-order chi connectivity index (χ1) is 12.2. The normalized spacial score (nSPS) is 10.9. The second-order valence-electron chi connectivity index (χ2n) is 5.37. The molecular formula is C16H14BrN7S. The molecule has 0 aliphatic carbocycles. The number of hydrogen-bond acceptors (Lipinski definition) is 6. The fraction of sp³-hybridized carbons (Fsp3) is 0.125. The number of rotatable bonds is 6. The monoisotopic (exact) mass is 415 g/mol. The summed E-state index contributed by atoms with van der Waals surface area (Å²) >= 11 is 4.87. The standard InChI is InChI=1S/C16H14BrN7S/c17-13-8-18-24(10-13)11-15-20-21-16(25-15)19-14-6-7-23(22-14)9-12-4-2-1-3-5-12/h1-8,10H,9,11H2,(H,19,21,22). The van der Waals surface area contributed by atoms with Crippen molar-refractivity contribution in [2.75, 3.05) is 5.32 Å². The Labute approximate surface area is 156 Å². The second kappa shape index (κ2) is 7.16. The molecule has 126 valence electrons. The van der Waals surface area contributed by atoms with E-state index in [4.69, 9.17) is 0 Å². The summed E-state index contributed by atoms with van der Waals surface area (Å²) in [5.74, 6) is 0.750. The van der Waals surface area contributed by atoms with Gasteiger partial charge in [-0.15, -0.1) is 10.2 Å². The molecular weight excluding hydrogens is 402 g/mol. The predicted octanol–water partition coefficient (Wildman–Crippen LogP) is 3.53. The first-order valence-electron chi connectivity index (χ1n) is 7.59. The Hall–Kier alpha value is -2.52. The Balaban J connectivity index is 1.39. The van der Waals surface area contributed by atoms with Crippen LogP contribution >= 0.6 is 27.3 Å². The van der Waals surface area contributed by atoms with E-state index in [0.717, 1.165) is 21.8 Å². The van der Waals surface area contributed by atoms with Gasteiger partial charge in [-0.3, -0.25) is 9.36 Å². The highest BCUT2D eigenvalue weighted by molar-refractivity contribution is 9.10. The van der Waals surface area contributed by atoms with Crippen LogP contribution in [0.2, 0.25) is 0 Å². The van der Waals surface area contributed by atoms with Gasteiger partial charge in [0.05, 0.1) is 23.8 Å². The van der Waals surface area contributed by atoms with Crippen LogP contribution in [0.4, 0.5) is 10.9 Å². The molecule has 25 heavy (non-hydrogen) atoms. The average molecular weight is 416 g/mol. The number of hydrogen-bond donors (Lipinski definition) is 1. The average Bonchev–Trinajstić information content (AvgIpc) is 3.33. The van der Waals surface area contributed by atoms with Crippen LogP contribution in [0.3, 0.4) is 0 Å². The van der Waals surface area contributed by atoms with E-state index in [9.17, 15) is 0 Å². The number of benzene rings is 1. The van der Waals surface area contributed by atoms with E-state index in [1.54, 1.807) is 6.20 Å². The van der Waals surface area contributed by atoms with Gasteiger partial charge in [-0.2, -0.15) is 10.2 Å². The molecule has 0 atom stereocenters. The van der Waals surface area contributed by atoms with E-state index in [0.29, 0.717) is 11.7 Å². The molecule has 3 heterocycles. The summed E-state index contributed by atoms with van der Waals surface area (Å²) in [5, 5.41) is 21.9. The van der Waals surface area contributed by atoms with Crippen LogP contribution in [0, 0.1) is 0 Å².